The third kappa shape index (κ3) is 6.23. The van der Waals surface area contributed by atoms with E-state index < -0.39 is 0 Å². The molecule has 3 heteroatoms. The molecule has 1 aromatic rings. The number of halogens is 1. The van der Waals surface area contributed by atoms with Gasteiger partial charge in [0, 0.05) is 9.37 Å². The summed E-state index contributed by atoms with van der Waals surface area (Å²) in [6.07, 6.45) is 2.56. The first kappa shape index (κ1) is 13.1. The van der Waals surface area contributed by atoms with Crippen LogP contribution >= 0.6 is 27.7 Å². The van der Waals surface area contributed by atoms with Gasteiger partial charge in [-0.2, -0.15) is 0 Å². The Bertz CT molecular complexity index is 261. The summed E-state index contributed by atoms with van der Waals surface area (Å²) in [7, 11) is 0. The molecule has 1 rings (SSSR count). The summed E-state index contributed by atoms with van der Waals surface area (Å²) < 4.78 is 1.15. The lowest BCUT2D eigenvalue weighted by Gasteiger charge is -2.02. The highest BCUT2D eigenvalue weighted by atomic mass is 79.9. The molecule has 0 spiro atoms. The molecule has 0 saturated heterocycles. The molecule has 0 aliphatic carbocycles. The number of benzene rings is 1. The fourth-order valence-electron chi connectivity index (χ4n) is 1.25. The van der Waals surface area contributed by atoms with E-state index in [2.05, 4.69) is 52.4 Å². The van der Waals surface area contributed by atoms with Gasteiger partial charge in [0.25, 0.3) is 0 Å². The van der Waals surface area contributed by atoms with Gasteiger partial charge >= 0.3 is 0 Å². The Hall–Kier alpha value is 0.01000. The molecule has 0 amide bonds. The third-order valence-corrected chi connectivity index (χ3v) is 3.71. The molecule has 0 atom stereocenters. The lowest BCUT2D eigenvalue weighted by atomic mass is 10.3. The number of unbranched alkanes of at least 4 members (excludes halogenated alkanes) is 1. The van der Waals surface area contributed by atoms with Crippen LogP contribution in [0, 0.1) is 0 Å². The van der Waals surface area contributed by atoms with E-state index >= 15 is 0 Å². The van der Waals surface area contributed by atoms with Crippen LogP contribution in [-0.2, 0) is 0 Å². The van der Waals surface area contributed by atoms with Crippen molar-refractivity contribution in [2.24, 2.45) is 0 Å². The van der Waals surface area contributed by atoms with Crippen molar-refractivity contribution in [2.75, 3.05) is 18.8 Å². The van der Waals surface area contributed by atoms with Gasteiger partial charge in [-0.3, -0.25) is 0 Å². The zero-order valence-electron chi connectivity index (χ0n) is 9.13. The fraction of sp³-hybridized carbons (Fsp3) is 0.500. The molecule has 0 aliphatic rings. The molecule has 0 aromatic heterocycles. The van der Waals surface area contributed by atoms with Crippen LogP contribution in [0.3, 0.4) is 0 Å². The van der Waals surface area contributed by atoms with E-state index in [1.54, 1.807) is 0 Å². The Morgan fingerprint density at radius 1 is 1.20 bits per heavy atom. The normalized spacial score (nSPS) is 10.5. The van der Waals surface area contributed by atoms with E-state index in [0.717, 1.165) is 17.6 Å². The molecule has 1 N–H and O–H groups in total. The van der Waals surface area contributed by atoms with E-state index in [4.69, 9.17) is 0 Å². The van der Waals surface area contributed by atoms with Crippen LogP contribution in [0.1, 0.15) is 19.8 Å². The largest absolute Gasteiger partial charge is 0.317 e. The van der Waals surface area contributed by atoms with Crippen LogP contribution in [-0.4, -0.2) is 18.8 Å². The zero-order chi connectivity index (χ0) is 10.9. The van der Waals surface area contributed by atoms with Crippen molar-refractivity contribution in [3.05, 3.63) is 28.7 Å². The summed E-state index contributed by atoms with van der Waals surface area (Å²) in [5, 5.41) is 3.34. The van der Waals surface area contributed by atoms with Crippen molar-refractivity contribution in [3.8, 4) is 0 Å². The van der Waals surface area contributed by atoms with E-state index in [-0.39, 0.29) is 0 Å². The summed E-state index contributed by atoms with van der Waals surface area (Å²) in [5.41, 5.74) is 0. The molecule has 15 heavy (non-hydrogen) atoms. The summed E-state index contributed by atoms with van der Waals surface area (Å²) in [6.45, 7) is 4.38. The zero-order valence-corrected chi connectivity index (χ0v) is 11.5. The molecule has 0 saturated carbocycles. The highest BCUT2D eigenvalue weighted by Gasteiger charge is 1.94. The van der Waals surface area contributed by atoms with Crippen molar-refractivity contribution in [1.82, 2.24) is 5.32 Å². The minimum absolute atomic E-state index is 1.08. The van der Waals surface area contributed by atoms with Crippen LogP contribution in [0.25, 0.3) is 0 Å². The minimum Gasteiger partial charge on any atom is -0.317 e. The molecule has 1 aromatic carbocycles. The van der Waals surface area contributed by atoms with Crippen LogP contribution < -0.4 is 5.32 Å². The fourth-order valence-corrected chi connectivity index (χ4v) is 2.43. The van der Waals surface area contributed by atoms with Crippen molar-refractivity contribution in [3.63, 3.8) is 0 Å². The molecule has 0 bridgehead atoms. The van der Waals surface area contributed by atoms with E-state index in [1.165, 1.54) is 23.5 Å². The van der Waals surface area contributed by atoms with Gasteiger partial charge in [-0.05, 0) is 55.9 Å². The van der Waals surface area contributed by atoms with Gasteiger partial charge in [0.15, 0.2) is 0 Å². The summed E-state index contributed by atoms with van der Waals surface area (Å²) in [4.78, 5) is 1.36. The lowest BCUT2D eigenvalue weighted by Crippen LogP contribution is -2.13. The summed E-state index contributed by atoms with van der Waals surface area (Å²) in [5.74, 6) is 1.22. The number of rotatable bonds is 7. The number of hydrogen-bond donors (Lipinski definition) is 1. The van der Waals surface area contributed by atoms with Gasteiger partial charge in [0.2, 0.25) is 0 Å². The van der Waals surface area contributed by atoms with Crippen LogP contribution in [0.15, 0.2) is 33.6 Å². The molecular formula is C12H18BrNS. The molecule has 0 unspecified atom stereocenters. The van der Waals surface area contributed by atoms with Crippen molar-refractivity contribution in [1.29, 1.82) is 0 Å². The first-order valence-corrected chi connectivity index (χ1v) is 7.20. The van der Waals surface area contributed by atoms with Crippen LogP contribution in [0.4, 0.5) is 0 Å². The predicted octanol–water partition coefficient (Wildman–Crippen LogP) is 3.93. The molecule has 1 nitrogen and oxygen atoms in total. The van der Waals surface area contributed by atoms with Gasteiger partial charge in [-0.1, -0.05) is 22.9 Å². The second-order valence-corrected chi connectivity index (χ2v) is 5.45. The van der Waals surface area contributed by atoms with Crippen molar-refractivity contribution >= 4 is 27.7 Å². The highest BCUT2D eigenvalue weighted by molar-refractivity contribution is 9.10. The smallest absolute Gasteiger partial charge is 0.0176 e. The predicted molar refractivity (Wildman–Crippen MR) is 72.6 cm³/mol. The first-order valence-electron chi connectivity index (χ1n) is 5.42. The summed E-state index contributed by atoms with van der Waals surface area (Å²) >= 11 is 5.38. The maximum Gasteiger partial charge on any atom is 0.0176 e. The summed E-state index contributed by atoms with van der Waals surface area (Å²) in [6, 6.07) is 8.53. The van der Waals surface area contributed by atoms with Gasteiger partial charge in [-0.25, -0.2) is 0 Å². The Labute approximate surface area is 105 Å². The first-order chi connectivity index (χ1) is 7.33. The molecule has 0 fully saturated rings. The topological polar surface area (TPSA) is 12.0 Å². The second kappa shape index (κ2) is 8.20. The van der Waals surface area contributed by atoms with Gasteiger partial charge in [0.1, 0.15) is 0 Å². The maximum atomic E-state index is 3.44. The Balaban J connectivity index is 2.07. The Kier molecular flexibility index (Phi) is 7.14. The average Bonchev–Trinajstić information content (AvgIpc) is 2.26. The van der Waals surface area contributed by atoms with Crippen LogP contribution in [0.2, 0.25) is 0 Å². The minimum atomic E-state index is 1.08. The van der Waals surface area contributed by atoms with E-state index in [9.17, 15) is 0 Å². The Morgan fingerprint density at radius 3 is 2.60 bits per heavy atom. The monoisotopic (exact) mass is 287 g/mol. The molecule has 0 heterocycles. The maximum absolute atomic E-state index is 3.44. The van der Waals surface area contributed by atoms with Gasteiger partial charge in [-0.15, -0.1) is 11.8 Å². The van der Waals surface area contributed by atoms with E-state index in [1.807, 2.05) is 11.8 Å². The second-order valence-electron chi connectivity index (χ2n) is 3.36. The van der Waals surface area contributed by atoms with Gasteiger partial charge < -0.3 is 5.32 Å². The number of nitrogens with one attached hydrogen (secondary N) is 1. The standard InChI is InChI=1S/C12H18BrNS/c1-2-14-9-3-4-10-15-12-7-5-11(13)6-8-12/h5-8,14H,2-4,9-10H2,1H3. The van der Waals surface area contributed by atoms with Crippen LogP contribution in [0.5, 0.6) is 0 Å². The quantitative estimate of drug-likeness (QED) is 0.602. The SMILES string of the molecule is CCNCCCCSc1ccc(Br)cc1. The van der Waals surface area contributed by atoms with Crippen molar-refractivity contribution in [2.45, 2.75) is 24.7 Å². The molecule has 84 valence electrons. The lowest BCUT2D eigenvalue weighted by molar-refractivity contribution is 0.666. The van der Waals surface area contributed by atoms with Gasteiger partial charge in [0.05, 0.1) is 0 Å². The van der Waals surface area contributed by atoms with E-state index in [0.29, 0.717) is 0 Å². The number of thioether (sulfide) groups is 1. The molecular weight excluding hydrogens is 270 g/mol. The van der Waals surface area contributed by atoms with Crippen molar-refractivity contribution < 1.29 is 0 Å². The Morgan fingerprint density at radius 2 is 1.93 bits per heavy atom. The average molecular weight is 288 g/mol. The highest BCUT2D eigenvalue weighted by Crippen LogP contribution is 2.21. The molecule has 0 aliphatic heterocycles. The number of hydrogen-bond acceptors (Lipinski definition) is 2. The molecule has 0 radical (unpaired) electrons. The third-order valence-electron chi connectivity index (χ3n) is 2.08.